The van der Waals surface area contributed by atoms with Crippen molar-refractivity contribution in [1.29, 1.82) is 0 Å². The number of rotatable bonds is 3. The Kier molecular flexibility index (Phi) is 3.24. The Hall–Kier alpha value is -2.57. The summed E-state index contributed by atoms with van der Waals surface area (Å²) >= 11 is 0. The van der Waals surface area contributed by atoms with Crippen LogP contribution < -0.4 is 20.3 Å². The number of aryl methyl sites for hydroxylation is 1. The molecule has 7 nitrogen and oxygen atoms in total. The van der Waals surface area contributed by atoms with E-state index in [2.05, 4.69) is 20.5 Å². The van der Waals surface area contributed by atoms with Gasteiger partial charge in [0.15, 0.2) is 11.5 Å². The molecule has 104 valence electrons. The lowest BCUT2D eigenvalue weighted by Crippen LogP contribution is -2.36. The van der Waals surface area contributed by atoms with Crippen LogP contribution in [0.1, 0.15) is 5.69 Å². The summed E-state index contributed by atoms with van der Waals surface area (Å²) in [6, 6.07) is 7.51. The lowest BCUT2D eigenvalue weighted by atomic mass is 10.2. The van der Waals surface area contributed by atoms with Crippen molar-refractivity contribution < 1.29 is 9.47 Å². The molecule has 0 amide bonds. The Morgan fingerprint density at radius 2 is 2.15 bits per heavy atom. The molecule has 1 aliphatic heterocycles. The standard InChI is InChI=1S/C13H14N4O3/c1-8-12(18)15-13(17-16-8)14-6-9-7-19-10-4-2-3-5-11(10)20-9/h2-5,9H,6-7H2,1H3,(H2,14,15,17,18). The van der Waals surface area contributed by atoms with Crippen LogP contribution in [-0.4, -0.2) is 34.4 Å². The minimum Gasteiger partial charge on any atom is -0.486 e. The number of ether oxygens (including phenoxy) is 2. The third-order valence-corrected chi connectivity index (χ3v) is 2.93. The summed E-state index contributed by atoms with van der Waals surface area (Å²) in [6.45, 7) is 2.50. The van der Waals surface area contributed by atoms with Crippen LogP contribution in [0, 0.1) is 6.92 Å². The molecule has 0 saturated carbocycles. The van der Waals surface area contributed by atoms with Gasteiger partial charge in [0.2, 0.25) is 5.95 Å². The number of fused-ring (bicyclic) bond motifs is 1. The summed E-state index contributed by atoms with van der Waals surface area (Å²) in [4.78, 5) is 14.0. The van der Waals surface area contributed by atoms with Gasteiger partial charge in [0.25, 0.3) is 5.56 Å². The van der Waals surface area contributed by atoms with Crippen molar-refractivity contribution in [3.63, 3.8) is 0 Å². The lowest BCUT2D eigenvalue weighted by molar-refractivity contribution is 0.0996. The monoisotopic (exact) mass is 274 g/mol. The van der Waals surface area contributed by atoms with Gasteiger partial charge in [-0.1, -0.05) is 12.1 Å². The first kappa shape index (κ1) is 12.5. The number of para-hydroxylation sites is 2. The predicted molar refractivity (Wildman–Crippen MR) is 72.2 cm³/mol. The third kappa shape index (κ3) is 2.56. The van der Waals surface area contributed by atoms with Gasteiger partial charge in [0.05, 0.1) is 6.54 Å². The number of anilines is 1. The highest BCUT2D eigenvalue weighted by molar-refractivity contribution is 5.40. The Labute approximate surface area is 115 Å². The highest BCUT2D eigenvalue weighted by Crippen LogP contribution is 2.30. The third-order valence-electron chi connectivity index (χ3n) is 2.93. The molecule has 2 aromatic rings. The van der Waals surface area contributed by atoms with Crippen LogP contribution in [0.3, 0.4) is 0 Å². The Bertz CT molecular complexity index is 671. The van der Waals surface area contributed by atoms with Gasteiger partial charge in [-0.25, -0.2) is 0 Å². The smallest absolute Gasteiger partial charge is 0.273 e. The first-order valence-electron chi connectivity index (χ1n) is 6.28. The van der Waals surface area contributed by atoms with E-state index in [1.165, 1.54) is 0 Å². The molecule has 1 aromatic heterocycles. The second kappa shape index (κ2) is 5.20. The molecule has 3 rings (SSSR count). The molecule has 0 aliphatic carbocycles. The van der Waals surface area contributed by atoms with E-state index in [0.29, 0.717) is 30.5 Å². The summed E-state index contributed by atoms with van der Waals surface area (Å²) in [6.07, 6.45) is -0.156. The molecule has 2 N–H and O–H groups in total. The molecule has 0 bridgehead atoms. The molecule has 1 aliphatic rings. The predicted octanol–water partition coefficient (Wildman–Crippen LogP) is 0.725. The average molecular weight is 274 g/mol. The van der Waals surface area contributed by atoms with Gasteiger partial charge in [-0.2, -0.15) is 0 Å². The van der Waals surface area contributed by atoms with E-state index in [9.17, 15) is 4.79 Å². The molecule has 0 fully saturated rings. The number of nitrogens with zero attached hydrogens (tertiary/aromatic N) is 2. The van der Waals surface area contributed by atoms with Gasteiger partial charge in [-0.05, 0) is 19.1 Å². The number of hydrogen-bond acceptors (Lipinski definition) is 6. The fourth-order valence-electron chi connectivity index (χ4n) is 1.85. The fourth-order valence-corrected chi connectivity index (χ4v) is 1.85. The van der Waals surface area contributed by atoms with E-state index in [1.54, 1.807) is 6.92 Å². The molecule has 7 heteroatoms. The maximum atomic E-state index is 11.4. The lowest BCUT2D eigenvalue weighted by Gasteiger charge is -2.26. The minimum absolute atomic E-state index is 0.156. The average Bonchev–Trinajstić information content (AvgIpc) is 2.48. The normalized spacial score (nSPS) is 16.8. The summed E-state index contributed by atoms with van der Waals surface area (Å²) in [5, 5.41) is 10.6. The van der Waals surface area contributed by atoms with Crippen molar-refractivity contribution in [2.75, 3.05) is 18.5 Å². The molecule has 0 radical (unpaired) electrons. The molecule has 0 spiro atoms. The van der Waals surface area contributed by atoms with Crippen LogP contribution in [0.15, 0.2) is 29.1 Å². The van der Waals surface area contributed by atoms with Gasteiger partial charge in [0.1, 0.15) is 18.4 Å². The number of H-pyrrole nitrogens is 1. The van der Waals surface area contributed by atoms with Crippen molar-refractivity contribution in [3.8, 4) is 11.5 Å². The second-order valence-corrected chi connectivity index (χ2v) is 4.47. The van der Waals surface area contributed by atoms with Crippen molar-refractivity contribution in [3.05, 3.63) is 40.3 Å². The molecular weight excluding hydrogens is 260 g/mol. The summed E-state index contributed by atoms with van der Waals surface area (Å²) in [5.74, 6) is 1.78. The maximum Gasteiger partial charge on any atom is 0.273 e. The molecular formula is C13H14N4O3. The quantitative estimate of drug-likeness (QED) is 0.857. The summed E-state index contributed by atoms with van der Waals surface area (Å²) in [5.41, 5.74) is 0.0791. The maximum absolute atomic E-state index is 11.4. The van der Waals surface area contributed by atoms with Gasteiger partial charge in [0, 0.05) is 0 Å². The number of benzene rings is 1. The highest BCUT2D eigenvalue weighted by atomic mass is 16.6. The van der Waals surface area contributed by atoms with Crippen molar-refractivity contribution >= 4 is 5.95 Å². The van der Waals surface area contributed by atoms with E-state index in [0.717, 1.165) is 5.75 Å². The van der Waals surface area contributed by atoms with Crippen LogP contribution in [0.4, 0.5) is 5.95 Å². The Morgan fingerprint density at radius 3 is 2.95 bits per heavy atom. The zero-order chi connectivity index (χ0) is 13.9. The molecule has 1 atom stereocenters. The van der Waals surface area contributed by atoms with Crippen LogP contribution in [0.2, 0.25) is 0 Å². The van der Waals surface area contributed by atoms with Crippen LogP contribution in [-0.2, 0) is 0 Å². The van der Waals surface area contributed by atoms with E-state index >= 15 is 0 Å². The first-order chi connectivity index (χ1) is 9.72. The summed E-state index contributed by atoms with van der Waals surface area (Å²) < 4.78 is 11.4. The second-order valence-electron chi connectivity index (χ2n) is 4.47. The topological polar surface area (TPSA) is 89.1 Å². The number of nitrogens with one attached hydrogen (secondary N) is 2. The number of aromatic nitrogens is 3. The molecule has 0 saturated heterocycles. The van der Waals surface area contributed by atoms with Gasteiger partial charge >= 0.3 is 0 Å². The largest absolute Gasteiger partial charge is 0.486 e. The van der Waals surface area contributed by atoms with Crippen LogP contribution >= 0.6 is 0 Å². The summed E-state index contributed by atoms with van der Waals surface area (Å²) in [7, 11) is 0. The SMILES string of the molecule is Cc1nnc(NCC2COc3ccccc3O2)[nH]c1=O. The number of hydrogen-bond donors (Lipinski definition) is 2. The van der Waals surface area contributed by atoms with Gasteiger partial charge in [-0.15, -0.1) is 10.2 Å². The van der Waals surface area contributed by atoms with Gasteiger partial charge in [-0.3, -0.25) is 9.78 Å². The fraction of sp³-hybridized carbons (Fsp3) is 0.308. The Balaban J connectivity index is 1.62. The van der Waals surface area contributed by atoms with Crippen molar-refractivity contribution in [1.82, 2.24) is 15.2 Å². The van der Waals surface area contributed by atoms with Crippen molar-refractivity contribution in [2.45, 2.75) is 13.0 Å². The van der Waals surface area contributed by atoms with Crippen molar-refractivity contribution in [2.24, 2.45) is 0 Å². The molecule has 20 heavy (non-hydrogen) atoms. The van der Waals surface area contributed by atoms with Crippen LogP contribution in [0.5, 0.6) is 11.5 Å². The minimum atomic E-state index is -0.256. The molecule has 2 heterocycles. The highest BCUT2D eigenvalue weighted by Gasteiger charge is 2.20. The Morgan fingerprint density at radius 1 is 1.35 bits per heavy atom. The molecule has 1 aromatic carbocycles. The van der Waals surface area contributed by atoms with Crippen LogP contribution in [0.25, 0.3) is 0 Å². The zero-order valence-electron chi connectivity index (χ0n) is 10.9. The number of aromatic amines is 1. The molecule has 1 unspecified atom stereocenters. The van der Waals surface area contributed by atoms with Gasteiger partial charge < -0.3 is 14.8 Å². The zero-order valence-corrected chi connectivity index (χ0v) is 10.9. The van der Waals surface area contributed by atoms with E-state index in [4.69, 9.17) is 9.47 Å². The van der Waals surface area contributed by atoms with E-state index < -0.39 is 0 Å². The van der Waals surface area contributed by atoms with E-state index in [-0.39, 0.29) is 11.7 Å². The first-order valence-corrected chi connectivity index (χ1v) is 6.28. The van der Waals surface area contributed by atoms with E-state index in [1.807, 2.05) is 24.3 Å².